The first-order chi connectivity index (χ1) is 9.96. The van der Waals surface area contributed by atoms with Gasteiger partial charge in [0.25, 0.3) is 0 Å². The molecule has 0 radical (unpaired) electrons. The van der Waals surface area contributed by atoms with Crippen LogP contribution in [-0.2, 0) is 4.74 Å². The van der Waals surface area contributed by atoms with Crippen molar-refractivity contribution < 1.29 is 9.84 Å². The van der Waals surface area contributed by atoms with Crippen LogP contribution in [0.4, 0.5) is 0 Å². The van der Waals surface area contributed by atoms with E-state index in [2.05, 4.69) is 29.5 Å². The van der Waals surface area contributed by atoms with Gasteiger partial charge >= 0.3 is 0 Å². The maximum absolute atomic E-state index is 10.4. The van der Waals surface area contributed by atoms with Crippen molar-refractivity contribution in [2.24, 2.45) is 16.3 Å². The lowest BCUT2D eigenvalue weighted by atomic mass is 9.57. The molecule has 2 saturated carbocycles. The van der Waals surface area contributed by atoms with E-state index in [1.807, 2.05) is 0 Å². The van der Waals surface area contributed by atoms with Gasteiger partial charge in [0.15, 0.2) is 5.96 Å². The fraction of sp³-hybridized carbons (Fsp3) is 0.938. The number of aliphatic hydroxyl groups is 1. The van der Waals surface area contributed by atoms with Crippen molar-refractivity contribution >= 4 is 5.96 Å². The third-order valence-corrected chi connectivity index (χ3v) is 5.74. The summed E-state index contributed by atoms with van der Waals surface area (Å²) >= 11 is 0. The van der Waals surface area contributed by atoms with E-state index >= 15 is 0 Å². The molecule has 120 valence electrons. The molecule has 2 aliphatic carbocycles. The standard InChI is InChI=1S/C16H29N3O2/c1-15(2)12(11-6-9-21-13(11)15)19-14(17-3)18-10-16(20)7-4-5-8-16/h11-13,20H,4-10H2,1-3H3,(H2,17,18,19). The molecular formula is C16H29N3O2. The van der Waals surface area contributed by atoms with Gasteiger partial charge in [0.2, 0.25) is 0 Å². The molecule has 21 heavy (non-hydrogen) atoms. The van der Waals surface area contributed by atoms with Gasteiger partial charge in [-0.25, -0.2) is 0 Å². The Hall–Kier alpha value is -0.810. The molecule has 1 heterocycles. The highest BCUT2D eigenvalue weighted by Crippen LogP contribution is 2.52. The van der Waals surface area contributed by atoms with Crippen molar-refractivity contribution in [3.63, 3.8) is 0 Å². The Bertz CT molecular complexity index is 416. The Balaban J connectivity index is 1.55. The van der Waals surface area contributed by atoms with Crippen LogP contribution < -0.4 is 10.6 Å². The fourth-order valence-corrected chi connectivity index (χ4v) is 4.42. The maximum atomic E-state index is 10.4. The molecule has 5 nitrogen and oxygen atoms in total. The lowest BCUT2D eigenvalue weighted by Crippen LogP contribution is -2.68. The van der Waals surface area contributed by atoms with Crippen molar-refractivity contribution in [3.05, 3.63) is 0 Å². The van der Waals surface area contributed by atoms with Crippen molar-refractivity contribution in [1.29, 1.82) is 0 Å². The van der Waals surface area contributed by atoms with Crippen LogP contribution in [0.3, 0.4) is 0 Å². The van der Waals surface area contributed by atoms with Crippen LogP contribution in [0.5, 0.6) is 0 Å². The summed E-state index contributed by atoms with van der Waals surface area (Å²) in [6.45, 7) is 5.98. The van der Waals surface area contributed by atoms with E-state index in [4.69, 9.17) is 4.74 Å². The third kappa shape index (κ3) is 2.66. The average Bonchev–Trinajstić information content (AvgIpc) is 3.07. The number of hydrogen-bond acceptors (Lipinski definition) is 3. The zero-order chi connectivity index (χ0) is 15.1. The normalized spacial score (nSPS) is 37.0. The van der Waals surface area contributed by atoms with Crippen LogP contribution >= 0.6 is 0 Å². The Kier molecular flexibility index (Phi) is 3.91. The first kappa shape index (κ1) is 15.1. The van der Waals surface area contributed by atoms with Gasteiger partial charge in [0.05, 0.1) is 11.7 Å². The number of aliphatic imine (C=N–C) groups is 1. The number of rotatable bonds is 3. The summed E-state index contributed by atoms with van der Waals surface area (Å²) in [6, 6.07) is 0.398. The summed E-state index contributed by atoms with van der Waals surface area (Å²) in [4.78, 5) is 4.32. The van der Waals surface area contributed by atoms with Crippen molar-refractivity contribution in [3.8, 4) is 0 Å². The van der Waals surface area contributed by atoms with Gasteiger partial charge in [-0.15, -0.1) is 0 Å². The number of hydrogen-bond donors (Lipinski definition) is 3. The summed E-state index contributed by atoms with van der Waals surface area (Å²) in [5, 5.41) is 17.3. The monoisotopic (exact) mass is 295 g/mol. The highest BCUT2D eigenvalue weighted by molar-refractivity contribution is 5.80. The molecule has 3 N–H and O–H groups in total. The van der Waals surface area contributed by atoms with Gasteiger partial charge in [-0.05, 0) is 19.3 Å². The van der Waals surface area contributed by atoms with Crippen LogP contribution in [-0.4, -0.2) is 49.0 Å². The minimum atomic E-state index is -0.550. The third-order valence-electron chi connectivity index (χ3n) is 5.74. The minimum Gasteiger partial charge on any atom is -0.388 e. The molecule has 0 aromatic heterocycles. The average molecular weight is 295 g/mol. The molecule has 0 bridgehead atoms. The summed E-state index contributed by atoms with van der Waals surface area (Å²) in [6.07, 6.45) is 5.55. The molecule has 3 rings (SSSR count). The Morgan fingerprint density at radius 2 is 2.05 bits per heavy atom. The van der Waals surface area contributed by atoms with E-state index in [-0.39, 0.29) is 5.41 Å². The van der Waals surface area contributed by atoms with Crippen molar-refractivity contribution in [2.75, 3.05) is 20.2 Å². The highest BCUT2D eigenvalue weighted by Gasteiger charge is 2.59. The zero-order valence-electron chi connectivity index (χ0n) is 13.5. The SMILES string of the molecule is CN=C(NCC1(O)CCCC1)NC1C2CCOC2C1(C)C. The van der Waals surface area contributed by atoms with Gasteiger partial charge < -0.3 is 20.5 Å². The number of guanidine groups is 1. The summed E-state index contributed by atoms with van der Waals surface area (Å²) < 4.78 is 5.83. The van der Waals surface area contributed by atoms with Gasteiger partial charge in [-0.1, -0.05) is 26.7 Å². The predicted molar refractivity (Wildman–Crippen MR) is 83.3 cm³/mol. The second-order valence-electron chi connectivity index (χ2n) is 7.54. The number of fused-ring (bicyclic) bond motifs is 1. The Morgan fingerprint density at radius 3 is 2.71 bits per heavy atom. The lowest BCUT2D eigenvalue weighted by Gasteiger charge is -2.55. The molecule has 0 amide bonds. The zero-order valence-corrected chi connectivity index (χ0v) is 13.5. The van der Waals surface area contributed by atoms with Crippen LogP contribution in [0, 0.1) is 11.3 Å². The first-order valence-electron chi connectivity index (χ1n) is 8.27. The van der Waals surface area contributed by atoms with Crippen molar-refractivity contribution in [1.82, 2.24) is 10.6 Å². The molecular weight excluding hydrogens is 266 g/mol. The maximum Gasteiger partial charge on any atom is 0.191 e. The van der Waals surface area contributed by atoms with E-state index in [1.54, 1.807) is 7.05 Å². The highest BCUT2D eigenvalue weighted by atomic mass is 16.5. The van der Waals surface area contributed by atoms with Crippen LogP contribution in [0.1, 0.15) is 46.0 Å². The lowest BCUT2D eigenvalue weighted by molar-refractivity contribution is -0.106. The molecule has 3 fully saturated rings. The van der Waals surface area contributed by atoms with E-state index in [9.17, 15) is 5.11 Å². The molecule has 0 aromatic carbocycles. The second kappa shape index (κ2) is 5.43. The number of nitrogens with one attached hydrogen (secondary N) is 2. The number of ether oxygens (including phenoxy) is 1. The minimum absolute atomic E-state index is 0.142. The Labute approximate surface area is 127 Å². The summed E-state index contributed by atoms with van der Waals surface area (Å²) in [7, 11) is 1.79. The van der Waals surface area contributed by atoms with Gasteiger partial charge in [-0.3, -0.25) is 4.99 Å². The van der Waals surface area contributed by atoms with E-state index in [1.165, 1.54) is 0 Å². The largest absolute Gasteiger partial charge is 0.388 e. The molecule has 1 aliphatic heterocycles. The first-order valence-corrected chi connectivity index (χ1v) is 8.27. The molecule has 3 atom stereocenters. The summed E-state index contributed by atoms with van der Waals surface area (Å²) in [5.74, 6) is 1.40. The molecule has 0 aromatic rings. The molecule has 5 heteroatoms. The van der Waals surface area contributed by atoms with Crippen LogP contribution in [0.15, 0.2) is 4.99 Å². The predicted octanol–water partition coefficient (Wildman–Crippen LogP) is 1.27. The fourth-order valence-electron chi connectivity index (χ4n) is 4.42. The quantitative estimate of drug-likeness (QED) is 0.542. The van der Waals surface area contributed by atoms with Gasteiger partial charge in [0, 0.05) is 37.6 Å². The van der Waals surface area contributed by atoms with Gasteiger partial charge in [0.1, 0.15) is 0 Å². The van der Waals surface area contributed by atoms with E-state index in [0.29, 0.717) is 24.6 Å². The van der Waals surface area contributed by atoms with Crippen LogP contribution in [0.2, 0.25) is 0 Å². The molecule has 3 aliphatic rings. The molecule has 3 unspecified atom stereocenters. The topological polar surface area (TPSA) is 65.9 Å². The smallest absolute Gasteiger partial charge is 0.191 e. The van der Waals surface area contributed by atoms with E-state index < -0.39 is 5.60 Å². The van der Waals surface area contributed by atoms with Crippen LogP contribution in [0.25, 0.3) is 0 Å². The van der Waals surface area contributed by atoms with Crippen molar-refractivity contribution in [2.45, 2.75) is 63.7 Å². The Morgan fingerprint density at radius 1 is 1.33 bits per heavy atom. The summed E-state index contributed by atoms with van der Waals surface area (Å²) in [5.41, 5.74) is -0.408. The van der Waals surface area contributed by atoms with Gasteiger partial charge in [-0.2, -0.15) is 0 Å². The molecule has 1 saturated heterocycles. The second-order valence-corrected chi connectivity index (χ2v) is 7.54. The van der Waals surface area contributed by atoms with E-state index in [0.717, 1.165) is 44.7 Å². The molecule has 0 spiro atoms. The number of nitrogens with zero attached hydrogens (tertiary/aromatic N) is 1.